The smallest absolute Gasteiger partial charge is 0.279 e. The zero-order chi connectivity index (χ0) is 11.3. The molecule has 0 unspecified atom stereocenters. The molecule has 0 aliphatic carbocycles. The van der Waals surface area contributed by atoms with Crippen LogP contribution in [-0.4, -0.2) is 45.4 Å². The van der Waals surface area contributed by atoms with Crippen molar-refractivity contribution >= 4 is 10.2 Å². The van der Waals surface area contributed by atoms with E-state index in [4.69, 9.17) is 0 Å². The van der Waals surface area contributed by atoms with Crippen LogP contribution in [0.25, 0.3) is 0 Å². The van der Waals surface area contributed by atoms with Gasteiger partial charge in [0.05, 0.1) is 0 Å². The average molecular weight is 235 g/mol. The van der Waals surface area contributed by atoms with Crippen molar-refractivity contribution < 1.29 is 8.42 Å². The summed E-state index contributed by atoms with van der Waals surface area (Å²) < 4.78 is 27.8. The van der Waals surface area contributed by atoms with Crippen LogP contribution in [0.3, 0.4) is 0 Å². The molecule has 0 amide bonds. The number of rotatable bonds is 4. The van der Waals surface area contributed by atoms with Gasteiger partial charge in [-0.2, -0.15) is 12.7 Å². The number of hydrogen-bond donors (Lipinski definition) is 2. The van der Waals surface area contributed by atoms with Crippen molar-refractivity contribution in [1.82, 2.24) is 14.3 Å². The van der Waals surface area contributed by atoms with Gasteiger partial charge in [-0.15, -0.1) is 0 Å². The Bertz CT molecular complexity index is 269. The van der Waals surface area contributed by atoms with Gasteiger partial charge in [-0.1, -0.05) is 13.8 Å². The summed E-state index contributed by atoms with van der Waals surface area (Å²) in [5.74, 6) is 0.338. The lowest BCUT2D eigenvalue weighted by Gasteiger charge is -2.20. The highest BCUT2D eigenvalue weighted by Crippen LogP contribution is 2.02. The molecular weight excluding hydrogens is 214 g/mol. The monoisotopic (exact) mass is 235 g/mol. The maximum atomic E-state index is 11.8. The molecule has 1 saturated heterocycles. The third-order valence-corrected chi connectivity index (χ3v) is 3.89. The Morgan fingerprint density at radius 2 is 2.07 bits per heavy atom. The predicted molar refractivity (Wildman–Crippen MR) is 60.8 cm³/mol. The summed E-state index contributed by atoms with van der Waals surface area (Å²) in [6, 6.07) is 0. The van der Waals surface area contributed by atoms with Gasteiger partial charge in [0, 0.05) is 26.2 Å². The number of nitrogens with zero attached hydrogens (tertiary/aromatic N) is 1. The minimum absolute atomic E-state index is 0.338. The molecule has 15 heavy (non-hydrogen) atoms. The van der Waals surface area contributed by atoms with Crippen LogP contribution in [0.4, 0.5) is 0 Å². The minimum atomic E-state index is -3.26. The molecule has 1 aliphatic rings. The Balaban J connectivity index is 2.51. The molecule has 2 N–H and O–H groups in total. The number of hydrogen-bond acceptors (Lipinski definition) is 3. The van der Waals surface area contributed by atoms with Gasteiger partial charge in [0.2, 0.25) is 0 Å². The summed E-state index contributed by atoms with van der Waals surface area (Å²) in [4.78, 5) is 0. The van der Waals surface area contributed by atoms with E-state index in [9.17, 15) is 8.42 Å². The lowest BCUT2D eigenvalue weighted by molar-refractivity contribution is 0.418. The van der Waals surface area contributed by atoms with E-state index in [1.165, 1.54) is 4.31 Å². The summed E-state index contributed by atoms with van der Waals surface area (Å²) in [6.45, 7) is 7.30. The zero-order valence-electron chi connectivity index (χ0n) is 9.49. The summed E-state index contributed by atoms with van der Waals surface area (Å²) >= 11 is 0. The maximum Gasteiger partial charge on any atom is 0.279 e. The Morgan fingerprint density at radius 3 is 2.73 bits per heavy atom. The van der Waals surface area contributed by atoms with Crippen LogP contribution in [0, 0.1) is 5.92 Å². The quantitative estimate of drug-likeness (QED) is 0.708. The van der Waals surface area contributed by atoms with Gasteiger partial charge in [-0.05, 0) is 18.9 Å². The Kier molecular flexibility index (Phi) is 4.98. The highest BCUT2D eigenvalue weighted by atomic mass is 32.2. The first-order valence-electron chi connectivity index (χ1n) is 5.48. The van der Waals surface area contributed by atoms with Gasteiger partial charge in [-0.3, -0.25) is 0 Å². The van der Waals surface area contributed by atoms with E-state index in [0.29, 0.717) is 25.6 Å². The third-order valence-electron chi connectivity index (χ3n) is 2.31. The average Bonchev–Trinajstić information content (AvgIpc) is 2.43. The van der Waals surface area contributed by atoms with Crippen LogP contribution in [0.15, 0.2) is 0 Å². The van der Waals surface area contributed by atoms with Crippen LogP contribution < -0.4 is 10.0 Å². The molecule has 1 rings (SSSR count). The van der Waals surface area contributed by atoms with E-state index in [2.05, 4.69) is 10.0 Å². The molecule has 0 atom stereocenters. The van der Waals surface area contributed by atoms with E-state index < -0.39 is 10.2 Å². The first-order chi connectivity index (χ1) is 7.02. The molecule has 0 saturated carbocycles. The van der Waals surface area contributed by atoms with Crippen LogP contribution >= 0.6 is 0 Å². The molecule has 0 bridgehead atoms. The summed E-state index contributed by atoms with van der Waals surface area (Å²) in [5, 5.41) is 3.18. The van der Waals surface area contributed by atoms with Crippen molar-refractivity contribution in [3.8, 4) is 0 Å². The van der Waals surface area contributed by atoms with E-state index in [1.54, 1.807) is 0 Å². The van der Waals surface area contributed by atoms with Crippen LogP contribution in [-0.2, 0) is 10.2 Å². The topological polar surface area (TPSA) is 61.4 Å². The molecule has 1 aliphatic heterocycles. The summed E-state index contributed by atoms with van der Waals surface area (Å²) in [5.41, 5.74) is 0. The van der Waals surface area contributed by atoms with Gasteiger partial charge in [-0.25, -0.2) is 4.72 Å². The molecule has 5 nitrogen and oxygen atoms in total. The van der Waals surface area contributed by atoms with Gasteiger partial charge in [0.15, 0.2) is 0 Å². The van der Waals surface area contributed by atoms with Crippen molar-refractivity contribution in [2.45, 2.75) is 20.3 Å². The van der Waals surface area contributed by atoms with Crippen molar-refractivity contribution in [2.75, 3.05) is 32.7 Å². The van der Waals surface area contributed by atoms with Crippen molar-refractivity contribution in [3.05, 3.63) is 0 Å². The normalized spacial score (nSPS) is 20.5. The summed E-state index contributed by atoms with van der Waals surface area (Å²) in [7, 11) is -3.26. The second kappa shape index (κ2) is 5.79. The van der Waals surface area contributed by atoms with Crippen LogP contribution in [0.1, 0.15) is 20.3 Å². The van der Waals surface area contributed by atoms with Gasteiger partial charge in [0.1, 0.15) is 0 Å². The largest absolute Gasteiger partial charge is 0.315 e. The molecule has 0 spiro atoms. The van der Waals surface area contributed by atoms with Gasteiger partial charge in [0.25, 0.3) is 10.2 Å². The van der Waals surface area contributed by atoms with Gasteiger partial charge < -0.3 is 5.32 Å². The van der Waals surface area contributed by atoms with Crippen LogP contribution in [0.2, 0.25) is 0 Å². The van der Waals surface area contributed by atoms with E-state index >= 15 is 0 Å². The molecule has 6 heteroatoms. The summed E-state index contributed by atoms with van der Waals surface area (Å²) in [6.07, 6.45) is 0.878. The van der Waals surface area contributed by atoms with Crippen molar-refractivity contribution in [3.63, 3.8) is 0 Å². The highest BCUT2D eigenvalue weighted by molar-refractivity contribution is 7.87. The SMILES string of the molecule is CC(C)CNS(=O)(=O)N1CCCNCC1. The number of nitrogens with one attached hydrogen (secondary N) is 2. The standard InChI is InChI=1S/C9H21N3O2S/c1-9(2)8-11-15(13,14)12-6-3-4-10-5-7-12/h9-11H,3-8H2,1-2H3. The van der Waals surface area contributed by atoms with Crippen LogP contribution in [0.5, 0.6) is 0 Å². The first-order valence-corrected chi connectivity index (χ1v) is 6.92. The fraction of sp³-hybridized carbons (Fsp3) is 1.00. The lowest BCUT2D eigenvalue weighted by atomic mass is 10.2. The molecule has 0 aromatic heterocycles. The molecule has 1 heterocycles. The fourth-order valence-corrected chi connectivity index (χ4v) is 2.85. The predicted octanol–water partition coefficient (Wildman–Crippen LogP) is -0.228. The Hall–Kier alpha value is -0.170. The van der Waals surface area contributed by atoms with Crippen molar-refractivity contribution in [2.24, 2.45) is 5.92 Å². The first kappa shape index (κ1) is 12.9. The maximum absolute atomic E-state index is 11.8. The highest BCUT2D eigenvalue weighted by Gasteiger charge is 2.22. The molecule has 0 aromatic rings. The molecule has 90 valence electrons. The van der Waals surface area contributed by atoms with Crippen molar-refractivity contribution in [1.29, 1.82) is 0 Å². The van der Waals surface area contributed by atoms with E-state index in [0.717, 1.165) is 19.5 Å². The second-order valence-electron chi connectivity index (χ2n) is 4.25. The molecule has 1 fully saturated rings. The Labute approximate surface area is 92.4 Å². The fourth-order valence-electron chi connectivity index (χ4n) is 1.42. The zero-order valence-corrected chi connectivity index (χ0v) is 10.3. The van der Waals surface area contributed by atoms with Gasteiger partial charge >= 0.3 is 0 Å². The minimum Gasteiger partial charge on any atom is -0.315 e. The third kappa shape index (κ3) is 4.46. The molecular formula is C9H21N3O2S. The van der Waals surface area contributed by atoms with E-state index in [1.807, 2.05) is 13.8 Å². The molecule has 0 radical (unpaired) electrons. The van der Waals surface area contributed by atoms with E-state index in [-0.39, 0.29) is 0 Å². The molecule has 0 aromatic carbocycles. The lowest BCUT2D eigenvalue weighted by Crippen LogP contribution is -2.43. The Morgan fingerprint density at radius 1 is 1.33 bits per heavy atom. The second-order valence-corrected chi connectivity index (χ2v) is 6.01.